The molecule has 6 heteroatoms. The summed E-state index contributed by atoms with van der Waals surface area (Å²) in [5.41, 5.74) is 0.675. The summed E-state index contributed by atoms with van der Waals surface area (Å²) < 4.78 is 1.91. The predicted molar refractivity (Wildman–Crippen MR) is 62.8 cm³/mol. The molecule has 0 bridgehead atoms. The lowest BCUT2D eigenvalue weighted by atomic mass is 9.98. The van der Waals surface area contributed by atoms with E-state index in [1.54, 1.807) is 17.8 Å². The van der Waals surface area contributed by atoms with Crippen molar-refractivity contribution in [2.45, 2.75) is 10.6 Å². The van der Waals surface area contributed by atoms with Gasteiger partial charge in [-0.1, -0.05) is 0 Å². The van der Waals surface area contributed by atoms with Crippen LogP contribution >= 0.6 is 39.0 Å². The van der Waals surface area contributed by atoms with Gasteiger partial charge in [-0.05, 0) is 22.0 Å². The zero-order valence-electron chi connectivity index (χ0n) is 7.53. The first-order valence-electron chi connectivity index (χ1n) is 4.26. The number of thioether (sulfide) groups is 1. The quantitative estimate of drug-likeness (QED) is 0.913. The van der Waals surface area contributed by atoms with Crippen molar-refractivity contribution in [2.75, 3.05) is 5.75 Å². The molecule has 2 heterocycles. The van der Waals surface area contributed by atoms with Crippen LogP contribution in [-0.2, 0) is 4.79 Å². The van der Waals surface area contributed by atoms with E-state index in [9.17, 15) is 9.59 Å². The summed E-state index contributed by atoms with van der Waals surface area (Å²) in [7, 11) is 0. The minimum Gasteiger partial charge on any atom is -0.481 e. The van der Waals surface area contributed by atoms with E-state index in [0.29, 0.717) is 11.3 Å². The van der Waals surface area contributed by atoms with Crippen LogP contribution in [0.5, 0.6) is 0 Å². The molecular weight excluding hydrogens is 300 g/mol. The lowest BCUT2D eigenvalue weighted by Crippen LogP contribution is -2.23. The first-order chi connectivity index (χ1) is 7.08. The molecule has 0 amide bonds. The molecule has 0 aliphatic carbocycles. The van der Waals surface area contributed by atoms with E-state index >= 15 is 0 Å². The Morgan fingerprint density at radius 3 is 3.07 bits per heavy atom. The van der Waals surface area contributed by atoms with Crippen LogP contribution in [0.1, 0.15) is 16.8 Å². The third kappa shape index (κ3) is 2.26. The number of hydrogen-bond donors (Lipinski definition) is 1. The molecule has 1 aliphatic rings. The SMILES string of the molecule is O=C(O)CC1CSc2sc(Br)cc2C1=O. The lowest BCUT2D eigenvalue weighted by Gasteiger charge is -2.18. The van der Waals surface area contributed by atoms with Gasteiger partial charge >= 0.3 is 5.97 Å². The van der Waals surface area contributed by atoms with E-state index < -0.39 is 5.97 Å². The molecule has 0 saturated heterocycles. The summed E-state index contributed by atoms with van der Waals surface area (Å²) in [5.74, 6) is -0.744. The molecule has 1 N–H and O–H groups in total. The highest BCUT2D eigenvalue weighted by molar-refractivity contribution is 9.11. The third-order valence-corrected chi connectivity index (χ3v) is 5.23. The summed E-state index contributed by atoms with van der Waals surface area (Å²) in [6.07, 6.45) is -0.0707. The summed E-state index contributed by atoms with van der Waals surface area (Å²) in [6, 6.07) is 1.78. The minimum absolute atomic E-state index is 0.0342. The van der Waals surface area contributed by atoms with Crippen LogP contribution in [0.3, 0.4) is 0 Å². The van der Waals surface area contributed by atoms with Gasteiger partial charge in [0.1, 0.15) is 0 Å². The van der Waals surface area contributed by atoms with Crippen molar-refractivity contribution in [2.24, 2.45) is 5.92 Å². The van der Waals surface area contributed by atoms with E-state index in [4.69, 9.17) is 5.11 Å². The number of halogens is 1. The number of carboxylic acid groups (broad SMARTS) is 1. The van der Waals surface area contributed by atoms with Gasteiger partial charge < -0.3 is 5.11 Å². The highest BCUT2D eigenvalue weighted by Crippen LogP contribution is 2.41. The number of aliphatic carboxylic acids is 1. The molecule has 1 aliphatic heterocycles. The van der Waals surface area contributed by atoms with E-state index in [1.807, 2.05) is 0 Å². The molecule has 0 fully saturated rings. The van der Waals surface area contributed by atoms with Gasteiger partial charge in [-0.15, -0.1) is 23.1 Å². The normalized spacial score (nSPS) is 20.1. The van der Waals surface area contributed by atoms with E-state index in [2.05, 4.69) is 15.9 Å². The second-order valence-corrected chi connectivity index (χ2v) is 6.94. The van der Waals surface area contributed by atoms with E-state index in [0.717, 1.165) is 8.00 Å². The van der Waals surface area contributed by atoms with Crippen molar-refractivity contribution in [1.82, 2.24) is 0 Å². The Hall–Kier alpha value is -0.330. The average Bonchev–Trinajstić information content (AvgIpc) is 2.51. The fraction of sp³-hybridized carbons (Fsp3) is 0.333. The van der Waals surface area contributed by atoms with Crippen LogP contribution in [0, 0.1) is 5.92 Å². The molecule has 1 unspecified atom stereocenters. The molecule has 1 atom stereocenters. The number of carbonyl (C=O) groups excluding carboxylic acids is 1. The van der Waals surface area contributed by atoms with Crippen LogP contribution in [0.15, 0.2) is 14.1 Å². The average molecular weight is 307 g/mol. The molecule has 80 valence electrons. The smallest absolute Gasteiger partial charge is 0.304 e. The predicted octanol–water partition coefficient (Wildman–Crippen LogP) is 2.89. The molecule has 15 heavy (non-hydrogen) atoms. The minimum atomic E-state index is -0.910. The number of carbonyl (C=O) groups is 2. The Morgan fingerprint density at radius 2 is 2.40 bits per heavy atom. The summed E-state index contributed by atoms with van der Waals surface area (Å²) in [4.78, 5) is 22.4. The van der Waals surface area contributed by atoms with Crippen LogP contribution in [0.4, 0.5) is 0 Å². The molecule has 1 aromatic rings. The maximum atomic E-state index is 11.9. The number of ketones is 1. The molecule has 2 rings (SSSR count). The molecule has 1 aromatic heterocycles. The molecule has 3 nitrogen and oxygen atoms in total. The van der Waals surface area contributed by atoms with Gasteiger partial charge in [0.25, 0.3) is 0 Å². The Bertz CT molecular complexity index is 427. The van der Waals surface area contributed by atoms with Crippen LogP contribution < -0.4 is 0 Å². The maximum Gasteiger partial charge on any atom is 0.304 e. The maximum absolute atomic E-state index is 11.9. The Balaban J connectivity index is 2.25. The van der Waals surface area contributed by atoms with Crippen LogP contribution in [0.25, 0.3) is 0 Å². The van der Waals surface area contributed by atoms with Crippen LogP contribution in [-0.4, -0.2) is 22.6 Å². The number of thiophene rings is 1. The van der Waals surface area contributed by atoms with Crippen molar-refractivity contribution in [3.05, 3.63) is 15.4 Å². The van der Waals surface area contributed by atoms with Crippen molar-refractivity contribution in [1.29, 1.82) is 0 Å². The number of hydrogen-bond acceptors (Lipinski definition) is 4. The molecule has 0 spiro atoms. The topological polar surface area (TPSA) is 54.4 Å². The number of rotatable bonds is 2. The first kappa shape index (κ1) is 11.2. The summed E-state index contributed by atoms with van der Waals surface area (Å²) in [5, 5.41) is 8.67. The highest BCUT2D eigenvalue weighted by Gasteiger charge is 2.31. The molecule has 0 saturated carbocycles. The van der Waals surface area contributed by atoms with E-state index in [-0.39, 0.29) is 18.1 Å². The van der Waals surface area contributed by atoms with Crippen molar-refractivity contribution < 1.29 is 14.7 Å². The van der Waals surface area contributed by atoms with Gasteiger partial charge in [0.15, 0.2) is 5.78 Å². The second kappa shape index (κ2) is 4.27. The van der Waals surface area contributed by atoms with Crippen molar-refractivity contribution in [3.8, 4) is 0 Å². The third-order valence-electron chi connectivity index (χ3n) is 2.14. The van der Waals surface area contributed by atoms with Gasteiger partial charge in [-0.3, -0.25) is 9.59 Å². The fourth-order valence-electron chi connectivity index (χ4n) is 1.46. The number of Topliss-reactive ketones (excluding diaryl/α,β-unsaturated/α-hetero) is 1. The lowest BCUT2D eigenvalue weighted by molar-refractivity contribution is -0.137. The van der Waals surface area contributed by atoms with Gasteiger partial charge in [0, 0.05) is 17.2 Å². The van der Waals surface area contributed by atoms with Gasteiger partial charge in [-0.25, -0.2) is 0 Å². The number of carboxylic acids is 1. The first-order valence-corrected chi connectivity index (χ1v) is 6.85. The monoisotopic (exact) mass is 306 g/mol. The summed E-state index contributed by atoms with van der Waals surface area (Å²) >= 11 is 6.42. The van der Waals surface area contributed by atoms with Gasteiger partial charge in [0.05, 0.1) is 14.4 Å². The Labute approximate surface area is 103 Å². The number of fused-ring (bicyclic) bond motifs is 1. The molecule has 0 radical (unpaired) electrons. The standard InChI is InChI=1S/C9H7BrO3S2/c10-6-2-5-8(13)4(1-7(11)12)3-14-9(5)15-6/h2,4H,1,3H2,(H,11,12). The van der Waals surface area contributed by atoms with Crippen molar-refractivity contribution in [3.63, 3.8) is 0 Å². The van der Waals surface area contributed by atoms with Crippen molar-refractivity contribution >= 4 is 50.8 Å². The fourth-order valence-corrected chi connectivity index (χ4v) is 4.76. The van der Waals surface area contributed by atoms with Crippen LogP contribution in [0.2, 0.25) is 0 Å². The Morgan fingerprint density at radius 1 is 1.67 bits per heavy atom. The second-order valence-electron chi connectivity index (χ2n) is 3.22. The van der Waals surface area contributed by atoms with E-state index in [1.165, 1.54) is 11.3 Å². The summed E-state index contributed by atoms with van der Waals surface area (Å²) in [6.45, 7) is 0. The van der Waals surface area contributed by atoms with Gasteiger partial charge in [-0.2, -0.15) is 0 Å². The zero-order chi connectivity index (χ0) is 11.0. The van der Waals surface area contributed by atoms with Gasteiger partial charge in [0.2, 0.25) is 0 Å². The molecule has 0 aromatic carbocycles. The zero-order valence-corrected chi connectivity index (χ0v) is 10.7. The largest absolute Gasteiger partial charge is 0.481 e. The molecular formula is C9H7BrO3S2. The Kier molecular flexibility index (Phi) is 3.18. The highest BCUT2D eigenvalue weighted by atomic mass is 79.9.